The zero-order valence-electron chi connectivity index (χ0n) is 9.53. The quantitative estimate of drug-likeness (QED) is 0.387. The van der Waals surface area contributed by atoms with Gasteiger partial charge in [-0.3, -0.25) is 0 Å². The Morgan fingerprint density at radius 3 is 1.92 bits per heavy atom. The maximum atomic E-state index is 3.75. The molecule has 0 aromatic carbocycles. The molecular formula is C13H24. The summed E-state index contributed by atoms with van der Waals surface area (Å²) in [5.41, 5.74) is 3.36. The maximum absolute atomic E-state index is 3.75. The van der Waals surface area contributed by atoms with Gasteiger partial charge in [0.1, 0.15) is 0 Å². The molecule has 0 saturated heterocycles. The van der Waals surface area contributed by atoms with Crippen LogP contribution in [0, 0.1) is 0 Å². The molecule has 0 rings (SSSR count). The monoisotopic (exact) mass is 180 g/mol. The zero-order valence-corrected chi connectivity index (χ0v) is 9.53. The van der Waals surface area contributed by atoms with Crippen LogP contribution in [0.25, 0.3) is 0 Å². The summed E-state index contributed by atoms with van der Waals surface area (Å²) in [7, 11) is 0. The standard InChI is InChI=1S/C13H24/c1-5-9-10-11-13(8-4)12(6-2)7-3/h5H,1,6-11H2,2-4H3. The largest absolute Gasteiger partial charge is 0.103 e. The second-order valence-electron chi connectivity index (χ2n) is 3.45. The molecule has 13 heavy (non-hydrogen) atoms. The predicted molar refractivity (Wildman–Crippen MR) is 61.9 cm³/mol. The molecule has 0 heterocycles. The minimum Gasteiger partial charge on any atom is -0.103 e. The molecule has 0 amide bonds. The molecule has 0 aliphatic heterocycles. The van der Waals surface area contributed by atoms with Crippen molar-refractivity contribution >= 4 is 0 Å². The predicted octanol–water partition coefficient (Wildman–Crippen LogP) is 4.87. The topological polar surface area (TPSA) is 0 Å². The fourth-order valence-corrected chi connectivity index (χ4v) is 1.81. The van der Waals surface area contributed by atoms with Crippen molar-refractivity contribution in [1.29, 1.82) is 0 Å². The Morgan fingerprint density at radius 1 is 1.00 bits per heavy atom. The summed E-state index contributed by atoms with van der Waals surface area (Å²) in [6, 6.07) is 0. The fourth-order valence-electron chi connectivity index (χ4n) is 1.81. The molecule has 0 N–H and O–H groups in total. The van der Waals surface area contributed by atoms with Gasteiger partial charge in [-0.2, -0.15) is 0 Å². The highest BCUT2D eigenvalue weighted by atomic mass is 14.1. The summed E-state index contributed by atoms with van der Waals surface area (Å²) in [6.07, 6.45) is 9.42. The van der Waals surface area contributed by atoms with Crippen molar-refractivity contribution in [2.45, 2.75) is 59.3 Å². The van der Waals surface area contributed by atoms with E-state index >= 15 is 0 Å². The molecule has 0 saturated carbocycles. The van der Waals surface area contributed by atoms with E-state index in [0.717, 1.165) is 6.42 Å². The van der Waals surface area contributed by atoms with Crippen LogP contribution in [0.1, 0.15) is 59.3 Å². The van der Waals surface area contributed by atoms with Crippen molar-refractivity contribution in [3.05, 3.63) is 23.8 Å². The van der Waals surface area contributed by atoms with Crippen LogP contribution in [-0.4, -0.2) is 0 Å². The molecule has 0 aromatic rings. The van der Waals surface area contributed by atoms with Crippen molar-refractivity contribution in [2.24, 2.45) is 0 Å². The lowest BCUT2D eigenvalue weighted by Crippen LogP contribution is -1.90. The van der Waals surface area contributed by atoms with Crippen LogP contribution in [-0.2, 0) is 0 Å². The van der Waals surface area contributed by atoms with Gasteiger partial charge < -0.3 is 0 Å². The molecule has 0 radical (unpaired) electrons. The van der Waals surface area contributed by atoms with Crippen molar-refractivity contribution in [3.63, 3.8) is 0 Å². The number of unbranched alkanes of at least 4 members (excludes halogenated alkanes) is 1. The summed E-state index contributed by atoms with van der Waals surface area (Å²) in [5, 5.41) is 0. The SMILES string of the molecule is C=CCCCC(CC)=C(CC)CC. The second kappa shape index (κ2) is 8.10. The normalized spacial score (nSPS) is 9.77. The van der Waals surface area contributed by atoms with E-state index in [1.54, 1.807) is 11.1 Å². The average Bonchev–Trinajstić information content (AvgIpc) is 2.17. The summed E-state index contributed by atoms with van der Waals surface area (Å²) in [6.45, 7) is 10.6. The van der Waals surface area contributed by atoms with Gasteiger partial charge in [0.2, 0.25) is 0 Å². The Labute approximate surface area is 83.7 Å². The minimum atomic E-state index is 1.16. The summed E-state index contributed by atoms with van der Waals surface area (Å²) in [4.78, 5) is 0. The van der Waals surface area contributed by atoms with Crippen LogP contribution in [0.15, 0.2) is 23.8 Å². The first-order valence-corrected chi connectivity index (χ1v) is 5.60. The molecule has 0 aromatic heterocycles. The lowest BCUT2D eigenvalue weighted by atomic mass is 9.96. The highest BCUT2D eigenvalue weighted by Crippen LogP contribution is 2.20. The highest BCUT2D eigenvalue weighted by Gasteiger charge is 2.00. The van der Waals surface area contributed by atoms with Gasteiger partial charge in [0, 0.05) is 0 Å². The number of allylic oxidation sites excluding steroid dienone is 3. The van der Waals surface area contributed by atoms with Crippen LogP contribution in [0.5, 0.6) is 0 Å². The Morgan fingerprint density at radius 2 is 1.54 bits per heavy atom. The number of rotatable bonds is 7. The smallest absolute Gasteiger partial charge is 0.0315 e. The Kier molecular flexibility index (Phi) is 7.77. The summed E-state index contributed by atoms with van der Waals surface area (Å²) >= 11 is 0. The van der Waals surface area contributed by atoms with E-state index in [1.165, 1.54) is 32.1 Å². The van der Waals surface area contributed by atoms with E-state index in [9.17, 15) is 0 Å². The Hall–Kier alpha value is -0.520. The van der Waals surface area contributed by atoms with Gasteiger partial charge in [0.05, 0.1) is 0 Å². The average molecular weight is 180 g/mol. The van der Waals surface area contributed by atoms with Crippen LogP contribution in [0.4, 0.5) is 0 Å². The first kappa shape index (κ1) is 12.5. The van der Waals surface area contributed by atoms with E-state index in [4.69, 9.17) is 0 Å². The van der Waals surface area contributed by atoms with E-state index < -0.39 is 0 Å². The molecule has 0 fully saturated rings. The first-order chi connectivity index (χ1) is 6.29. The van der Waals surface area contributed by atoms with Crippen LogP contribution >= 0.6 is 0 Å². The van der Waals surface area contributed by atoms with Crippen molar-refractivity contribution in [1.82, 2.24) is 0 Å². The van der Waals surface area contributed by atoms with Crippen molar-refractivity contribution in [3.8, 4) is 0 Å². The molecule has 0 atom stereocenters. The van der Waals surface area contributed by atoms with Crippen LogP contribution in [0.3, 0.4) is 0 Å². The van der Waals surface area contributed by atoms with E-state index in [1.807, 2.05) is 6.08 Å². The van der Waals surface area contributed by atoms with Crippen molar-refractivity contribution in [2.75, 3.05) is 0 Å². The third kappa shape index (κ3) is 4.92. The zero-order chi connectivity index (χ0) is 10.1. The number of hydrogen-bond donors (Lipinski definition) is 0. The first-order valence-electron chi connectivity index (χ1n) is 5.60. The molecule has 0 aliphatic carbocycles. The van der Waals surface area contributed by atoms with Gasteiger partial charge >= 0.3 is 0 Å². The van der Waals surface area contributed by atoms with Crippen molar-refractivity contribution < 1.29 is 0 Å². The highest BCUT2D eigenvalue weighted by molar-refractivity contribution is 5.13. The van der Waals surface area contributed by atoms with E-state index in [2.05, 4.69) is 27.4 Å². The third-order valence-electron chi connectivity index (χ3n) is 2.67. The minimum absolute atomic E-state index is 1.16. The Balaban J connectivity index is 4.11. The van der Waals surface area contributed by atoms with E-state index in [0.29, 0.717) is 0 Å². The molecular weight excluding hydrogens is 156 g/mol. The van der Waals surface area contributed by atoms with Gasteiger partial charge in [-0.1, -0.05) is 38.0 Å². The molecule has 0 heteroatoms. The lowest BCUT2D eigenvalue weighted by molar-refractivity contribution is 0.771. The van der Waals surface area contributed by atoms with Crippen LogP contribution in [0.2, 0.25) is 0 Å². The molecule has 0 unspecified atom stereocenters. The van der Waals surface area contributed by atoms with Gasteiger partial charge in [-0.05, 0) is 38.5 Å². The molecule has 76 valence electrons. The Bertz CT molecular complexity index is 157. The van der Waals surface area contributed by atoms with Gasteiger partial charge in [0.15, 0.2) is 0 Å². The van der Waals surface area contributed by atoms with Crippen LogP contribution < -0.4 is 0 Å². The van der Waals surface area contributed by atoms with Gasteiger partial charge in [-0.25, -0.2) is 0 Å². The molecule has 0 spiro atoms. The van der Waals surface area contributed by atoms with Gasteiger partial charge in [0.25, 0.3) is 0 Å². The summed E-state index contributed by atoms with van der Waals surface area (Å²) in [5.74, 6) is 0. The maximum Gasteiger partial charge on any atom is -0.0315 e. The van der Waals surface area contributed by atoms with Gasteiger partial charge in [-0.15, -0.1) is 6.58 Å². The molecule has 0 nitrogen and oxygen atoms in total. The lowest BCUT2D eigenvalue weighted by Gasteiger charge is -2.10. The molecule has 0 bridgehead atoms. The summed E-state index contributed by atoms with van der Waals surface area (Å²) < 4.78 is 0. The van der Waals surface area contributed by atoms with E-state index in [-0.39, 0.29) is 0 Å². The number of hydrogen-bond acceptors (Lipinski definition) is 0. The third-order valence-corrected chi connectivity index (χ3v) is 2.67. The fraction of sp³-hybridized carbons (Fsp3) is 0.692. The second-order valence-corrected chi connectivity index (χ2v) is 3.45. The molecule has 0 aliphatic rings.